The molecular weight excluding hydrogens is 342 g/mol. The highest BCUT2D eigenvalue weighted by molar-refractivity contribution is 5.96. The summed E-state index contributed by atoms with van der Waals surface area (Å²) in [6.45, 7) is 0.328. The molecule has 26 heavy (non-hydrogen) atoms. The molecule has 0 aliphatic carbocycles. The fourth-order valence-corrected chi connectivity index (χ4v) is 2.99. The van der Waals surface area contributed by atoms with Crippen LogP contribution in [0, 0.1) is 10.1 Å². The highest BCUT2D eigenvalue weighted by Crippen LogP contribution is 2.33. The first-order chi connectivity index (χ1) is 12.6. The van der Waals surface area contributed by atoms with Gasteiger partial charge >= 0.3 is 5.82 Å². The Labute approximate surface area is 147 Å². The maximum atomic E-state index is 12.1. The topological polar surface area (TPSA) is 121 Å². The van der Waals surface area contributed by atoms with Crippen molar-refractivity contribution in [2.45, 2.75) is 24.9 Å². The van der Waals surface area contributed by atoms with Crippen molar-refractivity contribution in [2.24, 2.45) is 5.10 Å². The van der Waals surface area contributed by atoms with E-state index in [2.05, 4.69) is 15.6 Å². The first-order valence-electron chi connectivity index (χ1n) is 8.00. The Bertz CT molecular complexity index is 865. The van der Waals surface area contributed by atoms with Crippen LogP contribution in [0.4, 0.5) is 5.82 Å². The van der Waals surface area contributed by atoms with Crippen molar-refractivity contribution >= 4 is 17.4 Å². The van der Waals surface area contributed by atoms with E-state index in [0.717, 1.165) is 0 Å². The van der Waals surface area contributed by atoms with Gasteiger partial charge in [-0.1, -0.05) is 18.2 Å². The number of carbonyl (C=O) groups excluding carboxylic acids is 1. The van der Waals surface area contributed by atoms with Gasteiger partial charge in [0, 0.05) is 12.0 Å². The van der Waals surface area contributed by atoms with Gasteiger partial charge in [0.1, 0.15) is 12.1 Å². The Hall–Kier alpha value is -3.11. The van der Waals surface area contributed by atoms with Crippen LogP contribution in [0.1, 0.15) is 22.8 Å². The highest BCUT2D eigenvalue weighted by Gasteiger charge is 2.44. The molecule has 0 spiro atoms. The number of rotatable bonds is 4. The molecule has 10 nitrogen and oxygen atoms in total. The molecule has 10 heteroatoms. The molecule has 2 saturated heterocycles. The molecule has 2 aliphatic heterocycles. The van der Waals surface area contributed by atoms with E-state index in [4.69, 9.17) is 9.47 Å². The first-order valence-corrected chi connectivity index (χ1v) is 8.00. The molecule has 3 heterocycles. The predicted octanol–water partition coefficient (Wildman–Crippen LogP) is 1.26. The molecule has 0 saturated carbocycles. The summed E-state index contributed by atoms with van der Waals surface area (Å²) in [5.41, 5.74) is 3.49. The van der Waals surface area contributed by atoms with Crippen molar-refractivity contribution in [3.05, 3.63) is 58.3 Å². The Kier molecular flexibility index (Phi) is 4.19. The van der Waals surface area contributed by atoms with Gasteiger partial charge in [0.15, 0.2) is 6.29 Å². The van der Waals surface area contributed by atoms with E-state index in [1.54, 1.807) is 24.3 Å². The molecule has 1 aromatic carbocycles. The Morgan fingerprint density at radius 2 is 2.15 bits per heavy atom. The van der Waals surface area contributed by atoms with Crippen LogP contribution in [0.5, 0.6) is 0 Å². The lowest BCUT2D eigenvalue weighted by molar-refractivity contribution is -0.389. The smallest absolute Gasteiger partial charge is 0.358 e. The van der Waals surface area contributed by atoms with E-state index in [1.165, 1.54) is 16.9 Å². The molecule has 2 aliphatic rings. The van der Waals surface area contributed by atoms with E-state index in [-0.39, 0.29) is 23.9 Å². The van der Waals surface area contributed by atoms with Crippen LogP contribution in [0.3, 0.4) is 0 Å². The second-order valence-electron chi connectivity index (χ2n) is 5.93. The Morgan fingerprint density at radius 1 is 1.35 bits per heavy atom. The standard InChI is InChI=1S/C16H15N5O5/c22-15(10-4-2-1-3-5-10)18-17-11-8-12(13-9-25-16(11)26-13)20-7-6-14(19-20)21(23)24/h1-7,12-13,16H,8-9H2,(H,18,22)/b17-11+/t12-,13+,16+/m1/s1. The zero-order valence-corrected chi connectivity index (χ0v) is 13.5. The Morgan fingerprint density at radius 3 is 2.88 bits per heavy atom. The van der Waals surface area contributed by atoms with Crippen LogP contribution in [0.2, 0.25) is 0 Å². The van der Waals surface area contributed by atoms with Crippen LogP contribution >= 0.6 is 0 Å². The summed E-state index contributed by atoms with van der Waals surface area (Å²) in [6.07, 6.45) is 1.04. The molecule has 4 rings (SSSR count). The summed E-state index contributed by atoms with van der Waals surface area (Å²) >= 11 is 0. The molecular formula is C16H15N5O5. The van der Waals surface area contributed by atoms with Gasteiger partial charge in [0.25, 0.3) is 5.91 Å². The van der Waals surface area contributed by atoms with Crippen molar-refractivity contribution in [1.29, 1.82) is 0 Å². The number of ether oxygens (including phenoxy) is 2. The predicted molar refractivity (Wildman–Crippen MR) is 88.5 cm³/mol. The number of carbonyl (C=O) groups is 1. The zero-order chi connectivity index (χ0) is 18.1. The van der Waals surface area contributed by atoms with Crippen LogP contribution in [0.15, 0.2) is 47.7 Å². The second kappa shape index (κ2) is 6.65. The number of aromatic nitrogens is 2. The van der Waals surface area contributed by atoms with Gasteiger partial charge in [-0.25, -0.2) is 5.43 Å². The molecule has 1 N–H and O–H groups in total. The quantitative estimate of drug-likeness (QED) is 0.649. The van der Waals surface area contributed by atoms with Gasteiger partial charge in [0.05, 0.1) is 29.7 Å². The number of nitro groups is 1. The molecule has 2 aromatic rings. The SMILES string of the molecule is O=C(N/N=C1\C[C@@H](n2ccc([N+](=O)[O-])n2)[C@@H]2CO[C@H]1O2)c1ccccc1. The number of benzene rings is 1. The van der Waals surface area contributed by atoms with E-state index < -0.39 is 11.2 Å². The van der Waals surface area contributed by atoms with Crippen LogP contribution < -0.4 is 5.43 Å². The minimum absolute atomic E-state index is 0.234. The number of nitrogens with zero attached hydrogens (tertiary/aromatic N) is 4. The van der Waals surface area contributed by atoms with Gasteiger partial charge in [-0.15, -0.1) is 0 Å². The molecule has 1 aromatic heterocycles. The lowest BCUT2D eigenvalue weighted by Crippen LogP contribution is -2.38. The van der Waals surface area contributed by atoms with Crippen molar-refractivity contribution in [3.63, 3.8) is 0 Å². The van der Waals surface area contributed by atoms with Gasteiger partial charge < -0.3 is 19.6 Å². The average Bonchev–Trinajstić information content (AvgIpc) is 3.30. The second-order valence-corrected chi connectivity index (χ2v) is 5.93. The van der Waals surface area contributed by atoms with Crippen LogP contribution in [-0.2, 0) is 9.47 Å². The van der Waals surface area contributed by atoms with Crippen molar-refractivity contribution in [3.8, 4) is 0 Å². The summed E-state index contributed by atoms with van der Waals surface area (Å²) in [7, 11) is 0. The number of fused-ring (bicyclic) bond motifs is 2. The number of hydrogen-bond donors (Lipinski definition) is 1. The van der Waals surface area contributed by atoms with Crippen LogP contribution in [-0.4, -0.2) is 45.3 Å². The van der Waals surface area contributed by atoms with Crippen molar-refractivity contribution in [1.82, 2.24) is 15.2 Å². The third-order valence-electron chi connectivity index (χ3n) is 4.29. The fraction of sp³-hybridized carbons (Fsp3) is 0.312. The zero-order valence-electron chi connectivity index (χ0n) is 13.5. The Balaban J connectivity index is 1.51. The summed E-state index contributed by atoms with van der Waals surface area (Å²) in [5.74, 6) is -0.577. The molecule has 2 bridgehead atoms. The number of hydrogen-bond acceptors (Lipinski definition) is 7. The third-order valence-corrected chi connectivity index (χ3v) is 4.29. The maximum absolute atomic E-state index is 12.1. The lowest BCUT2D eigenvalue weighted by Gasteiger charge is -2.26. The summed E-state index contributed by atoms with van der Waals surface area (Å²) in [6, 6.07) is 9.73. The minimum Gasteiger partial charge on any atom is -0.358 e. The fourth-order valence-electron chi connectivity index (χ4n) is 2.99. The molecule has 0 radical (unpaired) electrons. The lowest BCUT2D eigenvalue weighted by atomic mass is 10.0. The number of nitrogens with one attached hydrogen (secondary N) is 1. The third kappa shape index (κ3) is 3.07. The van der Waals surface area contributed by atoms with E-state index in [1.807, 2.05) is 6.07 Å². The summed E-state index contributed by atoms with van der Waals surface area (Å²) < 4.78 is 12.8. The van der Waals surface area contributed by atoms with Crippen molar-refractivity contribution < 1.29 is 19.2 Å². The van der Waals surface area contributed by atoms with E-state index in [0.29, 0.717) is 24.3 Å². The summed E-state index contributed by atoms with van der Waals surface area (Å²) in [5, 5.41) is 19.0. The molecule has 134 valence electrons. The van der Waals surface area contributed by atoms with E-state index >= 15 is 0 Å². The monoisotopic (exact) mass is 357 g/mol. The van der Waals surface area contributed by atoms with Gasteiger partial charge in [-0.2, -0.15) is 9.78 Å². The first kappa shape index (κ1) is 16.4. The number of amides is 1. The normalized spacial score (nSPS) is 26.0. The minimum atomic E-state index is -0.627. The van der Waals surface area contributed by atoms with E-state index in [9.17, 15) is 14.9 Å². The molecule has 1 amide bonds. The van der Waals surface area contributed by atoms with Gasteiger partial charge in [0.2, 0.25) is 0 Å². The largest absolute Gasteiger partial charge is 0.389 e. The number of hydrazone groups is 1. The molecule has 0 unspecified atom stereocenters. The average molecular weight is 357 g/mol. The molecule has 3 atom stereocenters. The van der Waals surface area contributed by atoms with Crippen LogP contribution in [0.25, 0.3) is 0 Å². The summed E-state index contributed by atoms with van der Waals surface area (Å²) in [4.78, 5) is 22.4. The maximum Gasteiger partial charge on any atom is 0.389 e. The highest BCUT2D eigenvalue weighted by atomic mass is 16.7. The van der Waals surface area contributed by atoms with Gasteiger partial charge in [-0.3, -0.25) is 4.79 Å². The van der Waals surface area contributed by atoms with Crippen molar-refractivity contribution in [2.75, 3.05) is 6.61 Å². The van der Waals surface area contributed by atoms with Gasteiger partial charge in [-0.05, 0) is 17.1 Å². The molecule has 2 fully saturated rings.